The highest BCUT2D eigenvalue weighted by atomic mass is 16.7. The second kappa shape index (κ2) is 10.1. The molecule has 2 fully saturated rings. The molecule has 10 nitrogen and oxygen atoms in total. The molecule has 0 aromatic rings. The van der Waals surface area contributed by atoms with Gasteiger partial charge in [-0.25, -0.2) is 0 Å². The molecular weight excluding hydrogens is 412 g/mol. The van der Waals surface area contributed by atoms with E-state index in [1.165, 1.54) is 5.57 Å². The summed E-state index contributed by atoms with van der Waals surface area (Å²) in [5.41, 5.74) is 0.682. The van der Waals surface area contributed by atoms with Gasteiger partial charge in [0.25, 0.3) is 0 Å². The lowest BCUT2D eigenvalue weighted by atomic mass is 9.79. The predicted octanol–water partition coefficient (Wildman–Crippen LogP) is -1.21. The Labute approximate surface area is 182 Å². The number of hydrogen-bond acceptors (Lipinski definition) is 10. The Balaban J connectivity index is 1.61. The molecule has 10 heteroatoms. The highest BCUT2D eigenvalue weighted by Gasteiger charge is 2.49. The summed E-state index contributed by atoms with van der Waals surface area (Å²) >= 11 is 0. The fourth-order valence-corrected chi connectivity index (χ4v) is 4.34. The molecule has 1 aliphatic carbocycles. The molecule has 0 saturated carbocycles. The average molecular weight is 449 g/mol. The van der Waals surface area contributed by atoms with Crippen LogP contribution in [0.1, 0.15) is 40.0 Å². The van der Waals surface area contributed by atoms with Gasteiger partial charge in [-0.1, -0.05) is 11.6 Å². The van der Waals surface area contributed by atoms with Crippen LogP contribution in [0.4, 0.5) is 0 Å². The van der Waals surface area contributed by atoms with Gasteiger partial charge in [0.05, 0.1) is 18.8 Å². The predicted molar refractivity (Wildman–Crippen MR) is 107 cm³/mol. The van der Waals surface area contributed by atoms with Gasteiger partial charge in [0.2, 0.25) is 0 Å². The van der Waals surface area contributed by atoms with E-state index in [0.29, 0.717) is 0 Å². The van der Waals surface area contributed by atoms with Crippen LogP contribution < -0.4 is 0 Å². The summed E-state index contributed by atoms with van der Waals surface area (Å²) in [5, 5.41) is 60.0. The van der Waals surface area contributed by atoms with Gasteiger partial charge in [0.15, 0.2) is 12.6 Å². The van der Waals surface area contributed by atoms with Gasteiger partial charge in [0, 0.05) is 0 Å². The zero-order chi connectivity index (χ0) is 22.9. The zero-order valence-electron chi connectivity index (χ0n) is 18.2. The topological polar surface area (TPSA) is 158 Å². The molecule has 0 bridgehead atoms. The summed E-state index contributed by atoms with van der Waals surface area (Å²) in [4.78, 5) is 0. The smallest absolute Gasteiger partial charge is 0.187 e. The van der Waals surface area contributed by atoms with E-state index in [0.717, 1.165) is 19.3 Å². The summed E-state index contributed by atoms with van der Waals surface area (Å²) in [6.45, 7) is 5.11. The molecule has 6 N–H and O–H groups in total. The van der Waals surface area contributed by atoms with Crippen LogP contribution in [0.25, 0.3) is 0 Å². The fourth-order valence-electron chi connectivity index (χ4n) is 4.34. The molecule has 2 aliphatic heterocycles. The first-order chi connectivity index (χ1) is 14.5. The fraction of sp³-hybridized carbons (Fsp3) is 0.905. The maximum atomic E-state index is 10.4. The Kier molecular flexibility index (Phi) is 8.12. The lowest BCUT2D eigenvalue weighted by molar-refractivity contribution is -0.334. The third kappa shape index (κ3) is 5.47. The first-order valence-corrected chi connectivity index (χ1v) is 10.8. The molecule has 3 rings (SSSR count). The summed E-state index contributed by atoms with van der Waals surface area (Å²) < 4.78 is 22.5. The summed E-state index contributed by atoms with van der Waals surface area (Å²) in [7, 11) is 0. The van der Waals surface area contributed by atoms with E-state index in [9.17, 15) is 25.5 Å². The molecule has 10 atom stereocenters. The first-order valence-electron chi connectivity index (χ1n) is 10.8. The van der Waals surface area contributed by atoms with E-state index < -0.39 is 67.5 Å². The Morgan fingerprint density at radius 1 is 0.935 bits per heavy atom. The minimum absolute atomic E-state index is 0.199. The third-order valence-electron chi connectivity index (χ3n) is 6.63. The van der Waals surface area contributed by atoms with E-state index >= 15 is 0 Å². The maximum Gasteiger partial charge on any atom is 0.187 e. The first kappa shape index (κ1) is 25.0. The molecule has 180 valence electrons. The van der Waals surface area contributed by atoms with Gasteiger partial charge in [-0.3, -0.25) is 0 Å². The Hall–Kier alpha value is -0.660. The van der Waals surface area contributed by atoms with Crippen molar-refractivity contribution >= 4 is 0 Å². The number of aliphatic hydroxyl groups excluding tert-OH is 6. The van der Waals surface area contributed by atoms with Crippen LogP contribution in [0.5, 0.6) is 0 Å². The van der Waals surface area contributed by atoms with Crippen molar-refractivity contribution in [1.29, 1.82) is 0 Å². The maximum absolute atomic E-state index is 10.4. The highest BCUT2D eigenvalue weighted by molar-refractivity contribution is 5.05. The molecule has 3 aliphatic rings. The van der Waals surface area contributed by atoms with Crippen LogP contribution in [0, 0.1) is 5.92 Å². The number of aliphatic hydroxyl groups is 6. The summed E-state index contributed by atoms with van der Waals surface area (Å²) in [6, 6.07) is 0. The van der Waals surface area contributed by atoms with Crippen molar-refractivity contribution in [3.8, 4) is 0 Å². The van der Waals surface area contributed by atoms with Crippen LogP contribution >= 0.6 is 0 Å². The van der Waals surface area contributed by atoms with Gasteiger partial charge < -0.3 is 49.6 Å². The highest BCUT2D eigenvalue weighted by Crippen LogP contribution is 2.37. The van der Waals surface area contributed by atoms with Crippen molar-refractivity contribution in [2.45, 2.75) is 101 Å². The quantitative estimate of drug-likeness (QED) is 0.261. The average Bonchev–Trinajstić information content (AvgIpc) is 3.01. The summed E-state index contributed by atoms with van der Waals surface area (Å²) in [6.07, 6.45) is -6.74. The Morgan fingerprint density at radius 2 is 1.55 bits per heavy atom. The zero-order valence-corrected chi connectivity index (χ0v) is 18.2. The third-order valence-corrected chi connectivity index (χ3v) is 6.63. The molecule has 2 saturated heterocycles. The largest absolute Gasteiger partial charge is 0.394 e. The molecule has 0 aromatic carbocycles. The standard InChI is InChI=1S/C21H36O10/c1-10-4-6-11(7-5-10)21(2,3)31-20-18(27)16(25)15(24)13(30-20)9-28-19-17(26)14(23)12(8-22)29-19/h4,11-20,22-27H,5-9H2,1-3H3/t11-,12+,13-,14-,15-,16+,17-,18-,19-,20+/m1/s1. The number of allylic oxidation sites excluding steroid dienone is 2. The monoisotopic (exact) mass is 448 g/mol. The van der Waals surface area contributed by atoms with Crippen molar-refractivity contribution in [3.63, 3.8) is 0 Å². The van der Waals surface area contributed by atoms with E-state index in [-0.39, 0.29) is 12.5 Å². The molecule has 0 aromatic heterocycles. The van der Waals surface area contributed by atoms with Crippen molar-refractivity contribution in [1.82, 2.24) is 0 Å². The van der Waals surface area contributed by atoms with E-state index in [2.05, 4.69) is 13.0 Å². The summed E-state index contributed by atoms with van der Waals surface area (Å²) in [5.74, 6) is 0.199. The number of ether oxygens (including phenoxy) is 4. The molecular formula is C21H36O10. The van der Waals surface area contributed by atoms with E-state index in [1.54, 1.807) is 0 Å². The Morgan fingerprint density at radius 3 is 2.13 bits per heavy atom. The molecule has 0 amide bonds. The van der Waals surface area contributed by atoms with Gasteiger partial charge in [-0.15, -0.1) is 0 Å². The van der Waals surface area contributed by atoms with Crippen LogP contribution in [0.3, 0.4) is 0 Å². The second-order valence-corrected chi connectivity index (χ2v) is 9.30. The van der Waals surface area contributed by atoms with Crippen LogP contribution in [-0.4, -0.2) is 105 Å². The molecule has 0 radical (unpaired) electrons. The molecule has 0 unspecified atom stereocenters. The van der Waals surface area contributed by atoms with Crippen LogP contribution in [0.15, 0.2) is 11.6 Å². The van der Waals surface area contributed by atoms with E-state index in [1.807, 2.05) is 13.8 Å². The molecule has 0 spiro atoms. The lowest BCUT2D eigenvalue weighted by Gasteiger charge is -2.45. The van der Waals surface area contributed by atoms with Crippen LogP contribution in [0.2, 0.25) is 0 Å². The Bertz CT molecular complexity index is 625. The van der Waals surface area contributed by atoms with Gasteiger partial charge in [-0.05, 0) is 46.0 Å². The SMILES string of the molecule is CC1=CC[C@@H](C(C)(C)O[C@@H]2O[C@H](CO[C@@H]3O[C@@H](CO)[C@@H](O)[C@H]3O)[C@@H](O)[C@H](O)[C@H]2O)CC1. The van der Waals surface area contributed by atoms with Crippen molar-refractivity contribution in [3.05, 3.63) is 11.6 Å². The van der Waals surface area contributed by atoms with Gasteiger partial charge in [-0.2, -0.15) is 0 Å². The van der Waals surface area contributed by atoms with Crippen molar-refractivity contribution in [2.24, 2.45) is 5.92 Å². The number of rotatable bonds is 7. The molecule has 2 heterocycles. The van der Waals surface area contributed by atoms with E-state index in [4.69, 9.17) is 24.1 Å². The lowest BCUT2D eigenvalue weighted by Crippen LogP contribution is -2.61. The van der Waals surface area contributed by atoms with Crippen molar-refractivity contribution < 1.29 is 49.6 Å². The van der Waals surface area contributed by atoms with Crippen LogP contribution in [-0.2, 0) is 18.9 Å². The number of hydrogen-bond donors (Lipinski definition) is 6. The van der Waals surface area contributed by atoms with Crippen molar-refractivity contribution in [2.75, 3.05) is 13.2 Å². The minimum atomic E-state index is -1.53. The van der Waals surface area contributed by atoms with Gasteiger partial charge >= 0.3 is 0 Å². The normalized spacial score (nSPS) is 44.4. The van der Waals surface area contributed by atoms with Gasteiger partial charge in [0.1, 0.15) is 42.7 Å². The molecule has 31 heavy (non-hydrogen) atoms. The second-order valence-electron chi connectivity index (χ2n) is 9.30. The minimum Gasteiger partial charge on any atom is -0.394 e.